The summed E-state index contributed by atoms with van der Waals surface area (Å²) in [6.07, 6.45) is 0.434. The molecule has 1 aromatic carbocycles. The fourth-order valence-corrected chi connectivity index (χ4v) is 1.39. The standard InChI is InChI=1S/C13H16N2O5.ClH/c1-15(2)13(18)20-11-6-9(4-5-10(11)17)7-12(19-3)14-8-16;/h4-6,12,17H,7H2,1-3H3;1H/t12-;/m0./s1. The molecule has 0 fully saturated rings. The van der Waals surface area contributed by atoms with Crippen LogP contribution in [0.3, 0.4) is 0 Å². The molecule has 21 heavy (non-hydrogen) atoms. The van der Waals surface area contributed by atoms with E-state index in [0.717, 1.165) is 0 Å². The highest BCUT2D eigenvalue weighted by Gasteiger charge is 2.13. The molecule has 8 heteroatoms. The summed E-state index contributed by atoms with van der Waals surface area (Å²) in [6, 6.07) is 4.50. The molecule has 1 aromatic rings. The Hall–Kier alpha value is -2.08. The van der Waals surface area contributed by atoms with Crippen LogP contribution < -0.4 is 4.74 Å². The van der Waals surface area contributed by atoms with Gasteiger partial charge in [-0.3, -0.25) is 0 Å². The second kappa shape index (κ2) is 8.97. The SMILES string of the molecule is CO[C@@H](Cc1ccc(O)c(OC(=O)N(C)C)c1)N=C=O.Cl. The normalized spacial score (nSPS) is 10.8. The summed E-state index contributed by atoms with van der Waals surface area (Å²) in [4.78, 5) is 26.4. The van der Waals surface area contributed by atoms with Crippen LogP contribution in [-0.4, -0.2) is 49.6 Å². The second-order valence-electron chi connectivity index (χ2n) is 4.18. The summed E-state index contributed by atoms with van der Waals surface area (Å²) in [6.45, 7) is 0. The van der Waals surface area contributed by atoms with Gasteiger partial charge in [0, 0.05) is 27.6 Å². The summed E-state index contributed by atoms with van der Waals surface area (Å²) in [5.41, 5.74) is 0.690. The van der Waals surface area contributed by atoms with Crippen LogP contribution in [0.15, 0.2) is 23.2 Å². The number of carbonyl (C=O) groups excluding carboxylic acids is 2. The molecule has 0 unspecified atom stereocenters. The highest BCUT2D eigenvalue weighted by Crippen LogP contribution is 2.28. The molecule has 0 bridgehead atoms. The molecule has 1 amide bonds. The number of methoxy groups -OCH3 is 1. The zero-order valence-electron chi connectivity index (χ0n) is 11.9. The van der Waals surface area contributed by atoms with Crippen LogP contribution in [0.1, 0.15) is 5.56 Å². The Morgan fingerprint density at radius 3 is 2.67 bits per heavy atom. The van der Waals surface area contributed by atoms with Crippen LogP contribution in [0, 0.1) is 0 Å². The molecule has 0 spiro atoms. The highest BCUT2D eigenvalue weighted by molar-refractivity contribution is 5.85. The minimum atomic E-state index is -0.672. The van der Waals surface area contributed by atoms with E-state index < -0.39 is 12.3 Å². The van der Waals surface area contributed by atoms with E-state index in [9.17, 15) is 14.7 Å². The van der Waals surface area contributed by atoms with Gasteiger partial charge in [0.2, 0.25) is 6.08 Å². The number of aliphatic imine (C=N–C) groups is 1. The fourth-order valence-electron chi connectivity index (χ4n) is 1.39. The molecule has 0 saturated heterocycles. The molecule has 116 valence electrons. The van der Waals surface area contributed by atoms with Crippen LogP contribution in [0.25, 0.3) is 0 Å². The molecule has 0 aromatic heterocycles. The molecule has 7 nitrogen and oxygen atoms in total. The van der Waals surface area contributed by atoms with E-state index in [4.69, 9.17) is 9.47 Å². The monoisotopic (exact) mass is 316 g/mol. The van der Waals surface area contributed by atoms with Gasteiger partial charge in [-0.1, -0.05) is 6.07 Å². The average Bonchev–Trinajstić information content (AvgIpc) is 2.41. The molecule has 0 aliphatic carbocycles. The number of benzene rings is 1. The summed E-state index contributed by atoms with van der Waals surface area (Å²) in [7, 11) is 4.48. The maximum atomic E-state index is 11.5. The largest absolute Gasteiger partial charge is 0.504 e. The second-order valence-corrected chi connectivity index (χ2v) is 4.18. The molecule has 0 radical (unpaired) electrons. The number of rotatable bonds is 5. The first-order valence-corrected chi connectivity index (χ1v) is 5.78. The molecular formula is C13H17ClN2O5. The van der Waals surface area contributed by atoms with Crippen LogP contribution in [0.5, 0.6) is 11.5 Å². The average molecular weight is 317 g/mol. The summed E-state index contributed by atoms with van der Waals surface area (Å²) in [5.74, 6) is -0.122. The molecule has 1 atom stereocenters. The Morgan fingerprint density at radius 2 is 2.14 bits per heavy atom. The van der Waals surface area contributed by atoms with E-state index in [-0.39, 0.29) is 23.9 Å². The van der Waals surface area contributed by atoms with Crippen molar-refractivity contribution in [1.29, 1.82) is 0 Å². The first-order valence-electron chi connectivity index (χ1n) is 5.78. The van der Waals surface area contributed by atoms with Gasteiger partial charge in [0.1, 0.15) is 0 Å². The van der Waals surface area contributed by atoms with E-state index >= 15 is 0 Å². The maximum absolute atomic E-state index is 11.5. The fraction of sp³-hybridized carbons (Fsp3) is 0.385. The van der Waals surface area contributed by atoms with Gasteiger partial charge in [-0.25, -0.2) is 9.59 Å². The first-order chi connectivity index (χ1) is 9.47. The van der Waals surface area contributed by atoms with Crippen molar-refractivity contribution < 1.29 is 24.2 Å². The summed E-state index contributed by atoms with van der Waals surface area (Å²) < 4.78 is 9.99. The molecule has 1 rings (SSSR count). The molecule has 0 saturated carbocycles. The minimum Gasteiger partial charge on any atom is -0.504 e. The lowest BCUT2D eigenvalue weighted by Crippen LogP contribution is -2.25. The smallest absolute Gasteiger partial charge is 0.414 e. The number of ether oxygens (including phenoxy) is 2. The Labute approximate surface area is 128 Å². The highest BCUT2D eigenvalue weighted by atomic mass is 35.5. The third-order valence-electron chi connectivity index (χ3n) is 2.47. The van der Waals surface area contributed by atoms with Crippen molar-refractivity contribution in [3.63, 3.8) is 0 Å². The maximum Gasteiger partial charge on any atom is 0.414 e. The number of nitrogens with zero attached hydrogens (tertiary/aromatic N) is 2. The number of hydrogen-bond acceptors (Lipinski definition) is 6. The van der Waals surface area contributed by atoms with Gasteiger partial charge in [-0.05, 0) is 17.7 Å². The topological polar surface area (TPSA) is 88.4 Å². The molecule has 0 heterocycles. The summed E-state index contributed by atoms with van der Waals surface area (Å²) in [5, 5.41) is 9.65. The van der Waals surface area contributed by atoms with Gasteiger partial charge in [0.25, 0.3) is 0 Å². The van der Waals surface area contributed by atoms with Crippen LogP contribution in [0.2, 0.25) is 0 Å². The van der Waals surface area contributed by atoms with Crippen molar-refractivity contribution in [2.24, 2.45) is 4.99 Å². The lowest BCUT2D eigenvalue weighted by molar-refractivity contribution is 0.110. The molecule has 0 aliphatic heterocycles. The predicted octanol–water partition coefficient (Wildman–Crippen LogP) is 1.73. The molecular weight excluding hydrogens is 300 g/mol. The lowest BCUT2D eigenvalue weighted by Gasteiger charge is -2.13. The number of aromatic hydroxyl groups is 1. The van der Waals surface area contributed by atoms with Crippen molar-refractivity contribution in [2.45, 2.75) is 12.6 Å². The van der Waals surface area contributed by atoms with E-state index in [0.29, 0.717) is 12.0 Å². The number of carbonyl (C=O) groups is 1. The van der Waals surface area contributed by atoms with Gasteiger partial charge in [-0.15, -0.1) is 12.4 Å². The van der Waals surface area contributed by atoms with Crippen molar-refractivity contribution in [2.75, 3.05) is 21.2 Å². The van der Waals surface area contributed by atoms with Crippen LogP contribution >= 0.6 is 12.4 Å². The minimum absolute atomic E-state index is 0. The quantitative estimate of drug-likeness (QED) is 0.660. The Balaban J connectivity index is 0.00000400. The van der Waals surface area contributed by atoms with Crippen molar-refractivity contribution in [3.05, 3.63) is 23.8 Å². The summed E-state index contributed by atoms with van der Waals surface area (Å²) >= 11 is 0. The number of hydrogen-bond donors (Lipinski definition) is 1. The van der Waals surface area contributed by atoms with Gasteiger partial charge in [0.05, 0.1) is 0 Å². The van der Waals surface area contributed by atoms with Gasteiger partial charge >= 0.3 is 6.09 Å². The number of phenolic OH excluding ortho intramolecular Hbond substituents is 1. The van der Waals surface area contributed by atoms with Gasteiger partial charge in [-0.2, -0.15) is 4.99 Å². The number of isocyanates is 1. The van der Waals surface area contributed by atoms with Crippen molar-refractivity contribution in [3.8, 4) is 11.5 Å². The third kappa shape index (κ3) is 5.83. The molecule has 1 N–H and O–H groups in total. The van der Waals surface area contributed by atoms with Gasteiger partial charge < -0.3 is 19.5 Å². The Bertz CT molecular complexity index is 529. The number of amides is 1. The number of phenols is 1. The Kier molecular flexibility index (Phi) is 8.08. The first kappa shape index (κ1) is 18.9. The van der Waals surface area contributed by atoms with Crippen LogP contribution in [-0.2, 0) is 16.0 Å². The van der Waals surface area contributed by atoms with Crippen molar-refractivity contribution in [1.82, 2.24) is 4.90 Å². The van der Waals surface area contributed by atoms with E-state index in [1.807, 2.05) is 0 Å². The predicted molar refractivity (Wildman–Crippen MR) is 77.7 cm³/mol. The zero-order chi connectivity index (χ0) is 15.1. The lowest BCUT2D eigenvalue weighted by atomic mass is 10.1. The van der Waals surface area contributed by atoms with Crippen molar-refractivity contribution >= 4 is 24.6 Å². The number of halogens is 1. The van der Waals surface area contributed by atoms with Gasteiger partial charge in [0.15, 0.2) is 17.7 Å². The van der Waals surface area contributed by atoms with Crippen LogP contribution in [0.4, 0.5) is 4.79 Å². The van der Waals surface area contributed by atoms with E-state index in [1.54, 1.807) is 6.07 Å². The zero-order valence-corrected chi connectivity index (χ0v) is 12.7. The Morgan fingerprint density at radius 1 is 1.48 bits per heavy atom. The molecule has 0 aliphatic rings. The third-order valence-corrected chi connectivity index (χ3v) is 2.47. The van der Waals surface area contributed by atoms with E-state index in [2.05, 4.69) is 4.99 Å². The van der Waals surface area contributed by atoms with E-state index in [1.165, 1.54) is 44.3 Å².